The summed E-state index contributed by atoms with van der Waals surface area (Å²) in [6, 6.07) is 12.7. The van der Waals surface area contributed by atoms with Crippen molar-refractivity contribution in [2.45, 2.75) is 6.92 Å². The molecule has 2 N–H and O–H groups in total. The van der Waals surface area contributed by atoms with Crippen LogP contribution in [0.25, 0.3) is 11.0 Å². The van der Waals surface area contributed by atoms with Gasteiger partial charge in [-0.1, -0.05) is 23.7 Å². The van der Waals surface area contributed by atoms with Crippen LogP contribution in [0.4, 0.5) is 5.69 Å². The van der Waals surface area contributed by atoms with E-state index in [1.807, 2.05) is 31.2 Å². The number of furan rings is 1. The molecule has 3 aromatic rings. The topological polar surface area (TPSA) is 72.2 Å². The molecule has 0 bridgehead atoms. The number of nitrogens with two attached hydrogens (primary N) is 1. The first-order chi connectivity index (χ1) is 10.1. The molecule has 1 aromatic heterocycles. The second kappa shape index (κ2) is 5.04. The van der Waals surface area contributed by atoms with E-state index in [4.69, 9.17) is 26.5 Å². The first-order valence-corrected chi connectivity index (χ1v) is 6.63. The Labute approximate surface area is 126 Å². The van der Waals surface area contributed by atoms with Gasteiger partial charge < -0.3 is 14.9 Å². The van der Waals surface area contributed by atoms with Gasteiger partial charge in [-0.25, -0.2) is 0 Å². The van der Waals surface area contributed by atoms with Gasteiger partial charge in [0, 0.05) is 6.07 Å². The Morgan fingerprint density at radius 2 is 2.05 bits per heavy atom. The van der Waals surface area contributed by atoms with E-state index >= 15 is 0 Å². The molecule has 0 saturated heterocycles. The van der Waals surface area contributed by atoms with Crippen molar-refractivity contribution < 1.29 is 9.15 Å². The zero-order chi connectivity index (χ0) is 15.0. The molecule has 0 radical (unpaired) electrons. The van der Waals surface area contributed by atoms with E-state index in [1.165, 1.54) is 0 Å². The third kappa shape index (κ3) is 2.28. The summed E-state index contributed by atoms with van der Waals surface area (Å²) in [5, 5.41) is 10.3. The summed E-state index contributed by atoms with van der Waals surface area (Å²) in [4.78, 5) is 0. The standard InChI is InChI=1S/C16H11ClN2O2/c1-9-6-12(19)11(17)7-14(9)21-16-10-4-2-3-5-13(10)20-15(16)8-18/h2-7H,19H2,1H3. The molecule has 4 nitrogen and oxygen atoms in total. The van der Waals surface area contributed by atoms with Crippen LogP contribution in [0.5, 0.6) is 11.5 Å². The highest BCUT2D eigenvalue weighted by molar-refractivity contribution is 6.33. The van der Waals surface area contributed by atoms with Gasteiger partial charge in [0.05, 0.1) is 16.1 Å². The van der Waals surface area contributed by atoms with E-state index < -0.39 is 0 Å². The maximum atomic E-state index is 9.20. The van der Waals surface area contributed by atoms with Gasteiger partial charge in [-0.3, -0.25) is 0 Å². The minimum atomic E-state index is 0.128. The number of aryl methyl sites for hydroxylation is 1. The number of nitrogen functional groups attached to an aromatic ring is 1. The minimum absolute atomic E-state index is 0.128. The molecular formula is C16H11ClN2O2. The number of nitriles is 1. The predicted octanol–water partition coefficient (Wildman–Crippen LogP) is 4.64. The lowest BCUT2D eigenvalue weighted by Crippen LogP contribution is -1.92. The smallest absolute Gasteiger partial charge is 0.247 e. The quantitative estimate of drug-likeness (QED) is 0.699. The van der Waals surface area contributed by atoms with Gasteiger partial charge in [0.15, 0.2) is 5.75 Å². The number of para-hydroxylation sites is 1. The molecule has 0 unspecified atom stereocenters. The number of rotatable bonds is 2. The van der Waals surface area contributed by atoms with Crippen LogP contribution in [0.2, 0.25) is 5.02 Å². The second-order valence-corrected chi connectivity index (χ2v) is 5.02. The Kier molecular flexibility index (Phi) is 3.20. The van der Waals surface area contributed by atoms with Crippen LogP contribution in [0.3, 0.4) is 0 Å². The molecule has 104 valence electrons. The Bertz CT molecular complexity index is 878. The predicted molar refractivity (Wildman–Crippen MR) is 81.6 cm³/mol. The van der Waals surface area contributed by atoms with Crippen molar-refractivity contribution in [3.05, 3.63) is 52.7 Å². The van der Waals surface area contributed by atoms with Crippen LogP contribution < -0.4 is 10.5 Å². The number of halogens is 1. The summed E-state index contributed by atoms with van der Waals surface area (Å²) in [5.41, 5.74) is 7.66. The largest absolute Gasteiger partial charge is 0.452 e. The monoisotopic (exact) mass is 298 g/mol. The lowest BCUT2D eigenvalue weighted by Gasteiger charge is -2.09. The minimum Gasteiger partial charge on any atom is -0.452 e. The van der Waals surface area contributed by atoms with Crippen LogP contribution in [0.1, 0.15) is 11.3 Å². The lowest BCUT2D eigenvalue weighted by atomic mass is 10.2. The lowest BCUT2D eigenvalue weighted by molar-refractivity contribution is 0.464. The van der Waals surface area contributed by atoms with Crippen LogP contribution >= 0.6 is 11.6 Å². The average molecular weight is 299 g/mol. The van der Waals surface area contributed by atoms with Crippen molar-refractivity contribution in [1.29, 1.82) is 5.26 Å². The summed E-state index contributed by atoms with van der Waals surface area (Å²) in [7, 11) is 0. The van der Waals surface area contributed by atoms with Crippen molar-refractivity contribution in [1.82, 2.24) is 0 Å². The van der Waals surface area contributed by atoms with Gasteiger partial charge in [-0.2, -0.15) is 5.26 Å². The highest BCUT2D eigenvalue weighted by atomic mass is 35.5. The van der Waals surface area contributed by atoms with Crippen LogP contribution in [0, 0.1) is 18.3 Å². The number of nitrogens with zero attached hydrogens (tertiary/aromatic N) is 1. The molecule has 0 fully saturated rings. The van der Waals surface area contributed by atoms with Crippen LogP contribution in [0.15, 0.2) is 40.8 Å². The third-order valence-electron chi connectivity index (χ3n) is 3.16. The molecule has 0 saturated carbocycles. The Morgan fingerprint density at radius 3 is 2.81 bits per heavy atom. The maximum Gasteiger partial charge on any atom is 0.247 e. The fourth-order valence-electron chi connectivity index (χ4n) is 2.10. The fraction of sp³-hybridized carbons (Fsp3) is 0.0625. The van der Waals surface area contributed by atoms with Crippen LogP contribution in [-0.4, -0.2) is 0 Å². The molecule has 2 aromatic carbocycles. The number of hydrogen-bond acceptors (Lipinski definition) is 4. The van der Waals surface area contributed by atoms with Crippen molar-refractivity contribution in [2.75, 3.05) is 5.73 Å². The van der Waals surface area contributed by atoms with E-state index in [0.29, 0.717) is 27.8 Å². The summed E-state index contributed by atoms with van der Waals surface area (Å²) in [6.45, 7) is 1.86. The number of hydrogen-bond donors (Lipinski definition) is 1. The molecule has 0 atom stereocenters. The number of anilines is 1. The van der Waals surface area contributed by atoms with Gasteiger partial charge in [0.1, 0.15) is 17.4 Å². The molecule has 0 aliphatic carbocycles. The third-order valence-corrected chi connectivity index (χ3v) is 3.49. The SMILES string of the molecule is Cc1cc(N)c(Cl)cc1Oc1c(C#N)oc2ccccc12. The van der Waals surface area contributed by atoms with E-state index in [2.05, 4.69) is 0 Å². The highest BCUT2D eigenvalue weighted by Crippen LogP contribution is 2.38. The molecule has 0 amide bonds. The molecule has 3 rings (SSSR count). The molecule has 0 spiro atoms. The van der Waals surface area contributed by atoms with Gasteiger partial charge in [-0.15, -0.1) is 0 Å². The summed E-state index contributed by atoms with van der Waals surface area (Å²) in [5.74, 6) is 1.05. The van der Waals surface area contributed by atoms with E-state index in [9.17, 15) is 5.26 Å². The Balaban J connectivity index is 2.14. The summed E-state index contributed by atoms with van der Waals surface area (Å²) < 4.78 is 11.3. The molecule has 5 heteroatoms. The van der Waals surface area contributed by atoms with E-state index in [1.54, 1.807) is 18.2 Å². The molecule has 1 heterocycles. The Morgan fingerprint density at radius 1 is 1.29 bits per heavy atom. The number of benzene rings is 2. The molecule has 0 aliphatic rings. The zero-order valence-electron chi connectivity index (χ0n) is 11.2. The normalized spacial score (nSPS) is 10.5. The molecule has 0 aliphatic heterocycles. The average Bonchev–Trinajstić information content (AvgIpc) is 2.83. The first kappa shape index (κ1) is 13.3. The van der Waals surface area contributed by atoms with Gasteiger partial charge >= 0.3 is 0 Å². The van der Waals surface area contributed by atoms with Gasteiger partial charge in [0.25, 0.3) is 0 Å². The Hall–Kier alpha value is -2.64. The number of fused-ring (bicyclic) bond motifs is 1. The van der Waals surface area contributed by atoms with Crippen LogP contribution in [-0.2, 0) is 0 Å². The highest BCUT2D eigenvalue weighted by Gasteiger charge is 2.17. The van der Waals surface area contributed by atoms with Crippen molar-refractivity contribution in [2.24, 2.45) is 0 Å². The summed E-state index contributed by atoms with van der Waals surface area (Å²) in [6.07, 6.45) is 0. The molecule has 21 heavy (non-hydrogen) atoms. The van der Waals surface area contributed by atoms with Crippen molar-refractivity contribution in [3.63, 3.8) is 0 Å². The fourth-order valence-corrected chi connectivity index (χ4v) is 2.26. The zero-order valence-corrected chi connectivity index (χ0v) is 11.9. The van der Waals surface area contributed by atoms with Gasteiger partial charge in [-0.05, 0) is 30.7 Å². The molecular weight excluding hydrogens is 288 g/mol. The summed E-state index contributed by atoms with van der Waals surface area (Å²) >= 11 is 6.02. The van der Waals surface area contributed by atoms with Crippen molar-refractivity contribution in [3.8, 4) is 17.6 Å². The second-order valence-electron chi connectivity index (χ2n) is 4.61. The van der Waals surface area contributed by atoms with E-state index in [0.717, 1.165) is 10.9 Å². The van der Waals surface area contributed by atoms with Gasteiger partial charge in [0.2, 0.25) is 5.76 Å². The first-order valence-electron chi connectivity index (χ1n) is 6.25. The maximum absolute atomic E-state index is 9.20. The van der Waals surface area contributed by atoms with E-state index in [-0.39, 0.29) is 5.76 Å². The number of ether oxygens (including phenoxy) is 1. The van der Waals surface area contributed by atoms with Crippen molar-refractivity contribution >= 4 is 28.3 Å².